The van der Waals surface area contributed by atoms with Crippen LogP contribution in [0, 0.1) is 0 Å². The van der Waals surface area contributed by atoms with E-state index in [1.807, 2.05) is 24.3 Å². The molecule has 0 radical (unpaired) electrons. The first-order chi connectivity index (χ1) is 13.2. The van der Waals surface area contributed by atoms with Gasteiger partial charge in [0.25, 0.3) is 5.91 Å². The van der Waals surface area contributed by atoms with E-state index in [0.717, 1.165) is 21.7 Å². The maximum Gasteiger partial charge on any atom is 0.274 e. The zero-order valence-corrected chi connectivity index (χ0v) is 15.7. The molecule has 6 nitrogen and oxygen atoms in total. The molecule has 1 saturated heterocycles. The van der Waals surface area contributed by atoms with E-state index in [9.17, 15) is 4.79 Å². The third-order valence-electron chi connectivity index (χ3n) is 4.63. The normalized spacial score (nSPS) is 16.8. The van der Waals surface area contributed by atoms with E-state index in [4.69, 9.17) is 9.84 Å². The van der Waals surface area contributed by atoms with Gasteiger partial charge in [0, 0.05) is 41.1 Å². The molecule has 4 heterocycles. The van der Waals surface area contributed by atoms with Crippen LogP contribution in [0.2, 0.25) is 0 Å². The first-order valence-electron chi connectivity index (χ1n) is 8.77. The number of hydrogen-bond acceptors (Lipinski definition) is 5. The Kier molecular flexibility index (Phi) is 4.96. The Labute approximate surface area is 162 Å². The maximum absolute atomic E-state index is 13.2. The van der Waals surface area contributed by atoms with Gasteiger partial charge in [-0.3, -0.25) is 4.79 Å². The summed E-state index contributed by atoms with van der Waals surface area (Å²) in [4.78, 5) is 20.4. The molecule has 2 aliphatic rings. The molecule has 7 heteroatoms. The number of carbonyl (C=O) groups is 1. The van der Waals surface area contributed by atoms with Crippen LogP contribution in [0.15, 0.2) is 54.6 Å². The minimum absolute atomic E-state index is 0.0599. The molecule has 0 saturated carbocycles. The first-order valence-corrected chi connectivity index (χ1v) is 9.75. The molecule has 0 aliphatic carbocycles. The van der Waals surface area contributed by atoms with Crippen molar-refractivity contribution < 1.29 is 9.53 Å². The number of ether oxygens (including phenoxy) is 1. The van der Waals surface area contributed by atoms with Gasteiger partial charge in [0.05, 0.1) is 18.9 Å². The molecule has 0 aromatic carbocycles. The van der Waals surface area contributed by atoms with Crippen molar-refractivity contribution >= 4 is 23.2 Å². The number of amides is 1. The largest absolute Gasteiger partial charge is 0.378 e. The van der Waals surface area contributed by atoms with Crippen LogP contribution in [0.1, 0.15) is 21.7 Å². The van der Waals surface area contributed by atoms with Crippen molar-refractivity contribution in [1.29, 1.82) is 0 Å². The minimum atomic E-state index is -0.0599. The number of rotatable bonds is 4. The fourth-order valence-corrected chi connectivity index (χ4v) is 4.33. The van der Waals surface area contributed by atoms with Crippen LogP contribution in [-0.4, -0.2) is 51.9 Å². The van der Waals surface area contributed by atoms with Gasteiger partial charge in [0.15, 0.2) is 11.5 Å². The third kappa shape index (κ3) is 3.13. The smallest absolute Gasteiger partial charge is 0.274 e. The minimum Gasteiger partial charge on any atom is -0.378 e. The molecule has 138 valence electrons. The van der Waals surface area contributed by atoms with Crippen molar-refractivity contribution in [3.63, 3.8) is 0 Å². The van der Waals surface area contributed by atoms with Gasteiger partial charge in [-0.25, -0.2) is 9.67 Å². The van der Waals surface area contributed by atoms with Gasteiger partial charge in [0.2, 0.25) is 0 Å². The number of allylic oxidation sites excluding steroid dienone is 3. The second-order valence-electron chi connectivity index (χ2n) is 6.15. The summed E-state index contributed by atoms with van der Waals surface area (Å²) >= 11 is 1.65. The second-order valence-corrected chi connectivity index (χ2v) is 7.17. The molecular formula is C20H20N4O2S. The average Bonchev–Trinajstić information content (AvgIpc) is 3.13. The summed E-state index contributed by atoms with van der Waals surface area (Å²) in [6.45, 7) is 10.2. The number of morpholine rings is 1. The van der Waals surface area contributed by atoms with Gasteiger partial charge in [-0.05, 0) is 12.1 Å². The average molecular weight is 380 g/mol. The maximum atomic E-state index is 13.2. The fraction of sp³-hybridized carbons (Fsp3) is 0.250. The van der Waals surface area contributed by atoms with Crippen molar-refractivity contribution in [3.05, 3.63) is 71.6 Å². The number of fused-ring (bicyclic) bond motifs is 1. The van der Waals surface area contributed by atoms with Gasteiger partial charge < -0.3 is 9.64 Å². The molecule has 4 rings (SSSR count). The highest BCUT2D eigenvalue weighted by atomic mass is 32.2. The van der Waals surface area contributed by atoms with E-state index >= 15 is 0 Å². The zero-order valence-electron chi connectivity index (χ0n) is 14.9. The predicted octanol–water partition coefficient (Wildman–Crippen LogP) is 3.07. The second kappa shape index (κ2) is 7.54. The number of aromatic nitrogens is 3. The van der Waals surface area contributed by atoms with Crippen molar-refractivity contribution in [2.45, 2.75) is 5.75 Å². The lowest BCUT2D eigenvalue weighted by Crippen LogP contribution is -2.41. The summed E-state index contributed by atoms with van der Waals surface area (Å²) in [7, 11) is 0. The molecule has 27 heavy (non-hydrogen) atoms. The Morgan fingerprint density at radius 3 is 2.70 bits per heavy atom. The molecule has 0 spiro atoms. The van der Waals surface area contributed by atoms with Crippen molar-refractivity contribution in [1.82, 2.24) is 19.7 Å². The molecule has 0 atom stereocenters. The van der Waals surface area contributed by atoms with Crippen molar-refractivity contribution in [3.8, 4) is 5.82 Å². The van der Waals surface area contributed by atoms with E-state index in [1.165, 1.54) is 0 Å². The lowest BCUT2D eigenvalue weighted by atomic mass is 10.0. The van der Waals surface area contributed by atoms with Gasteiger partial charge in [-0.2, -0.15) is 5.10 Å². The van der Waals surface area contributed by atoms with Crippen LogP contribution in [0.25, 0.3) is 11.4 Å². The summed E-state index contributed by atoms with van der Waals surface area (Å²) in [5, 5.41) is 4.70. The third-order valence-corrected chi connectivity index (χ3v) is 5.76. The molecular weight excluding hydrogens is 360 g/mol. The summed E-state index contributed by atoms with van der Waals surface area (Å²) in [6, 6.07) is 5.64. The lowest BCUT2D eigenvalue weighted by molar-refractivity contribution is 0.0298. The van der Waals surface area contributed by atoms with Gasteiger partial charge >= 0.3 is 0 Å². The summed E-state index contributed by atoms with van der Waals surface area (Å²) in [6.07, 6.45) is 5.34. The molecule has 0 N–H and O–H groups in total. The topological polar surface area (TPSA) is 60.3 Å². The van der Waals surface area contributed by atoms with Gasteiger partial charge in [0.1, 0.15) is 0 Å². The summed E-state index contributed by atoms with van der Waals surface area (Å²) in [5.74, 6) is 1.27. The molecule has 2 aromatic heterocycles. The number of hydrogen-bond donors (Lipinski definition) is 0. The quantitative estimate of drug-likeness (QED) is 0.816. The molecule has 2 aliphatic heterocycles. The highest BCUT2D eigenvalue weighted by Crippen LogP contribution is 2.41. The van der Waals surface area contributed by atoms with Crippen LogP contribution in [0.4, 0.5) is 0 Å². The molecule has 0 bridgehead atoms. The van der Waals surface area contributed by atoms with E-state index in [1.54, 1.807) is 33.6 Å². The number of carbonyl (C=O) groups excluding carboxylic acids is 1. The Hall–Kier alpha value is -2.64. The van der Waals surface area contributed by atoms with E-state index in [0.29, 0.717) is 43.6 Å². The Morgan fingerprint density at radius 1 is 1.22 bits per heavy atom. The number of nitrogens with zero attached hydrogens (tertiary/aromatic N) is 4. The van der Waals surface area contributed by atoms with Crippen LogP contribution < -0.4 is 0 Å². The highest BCUT2D eigenvalue weighted by molar-refractivity contribution is 8.02. The van der Waals surface area contributed by atoms with Crippen LogP contribution in [-0.2, 0) is 10.5 Å². The van der Waals surface area contributed by atoms with E-state index < -0.39 is 0 Å². The Morgan fingerprint density at radius 2 is 2.04 bits per heavy atom. The highest BCUT2D eigenvalue weighted by Gasteiger charge is 2.32. The van der Waals surface area contributed by atoms with E-state index in [-0.39, 0.29) is 5.91 Å². The van der Waals surface area contributed by atoms with Crippen LogP contribution in [0.3, 0.4) is 0 Å². The Balaban J connectivity index is 1.89. The van der Waals surface area contributed by atoms with Crippen LogP contribution in [0.5, 0.6) is 0 Å². The van der Waals surface area contributed by atoms with Gasteiger partial charge in [-0.1, -0.05) is 31.4 Å². The SMILES string of the molecule is C=CC1=C(C=C)c2c(c(C(=O)N3CCOCC3)nn2-c2ccccn2)CS1. The summed E-state index contributed by atoms with van der Waals surface area (Å²) in [5.41, 5.74) is 3.19. The van der Waals surface area contributed by atoms with Crippen molar-refractivity contribution in [2.24, 2.45) is 0 Å². The molecule has 0 unspecified atom stereocenters. The molecule has 2 aromatic rings. The number of pyridine rings is 1. The molecule has 1 amide bonds. The fourth-order valence-electron chi connectivity index (χ4n) is 3.31. The predicted molar refractivity (Wildman–Crippen MR) is 107 cm³/mol. The van der Waals surface area contributed by atoms with Crippen molar-refractivity contribution in [2.75, 3.05) is 26.3 Å². The van der Waals surface area contributed by atoms with Gasteiger partial charge in [-0.15, -0.1) is 11.8 Å². The lowest BCUT2D eigenvalue weighted by Gasteiger charge is -2.26. The monoisotopic (exact) mass is 380 g/mol. The zero-order chi connectivity index (χ0) is 18.8. The standard InChI is InChI=1S/C20H20N4O2S/c1-3-14-16(4-2)27-13-15-18(20(25)23-9-11-26-12-10-23)22-24(19(14)15)17-7-5-6-8-21-17/h3-8H,1-2,9-13H2. The molecule has 1 fully saturated rings. The Bertz CT molecular complexity index is 927. The van der Waals surface area contributed by atoms with Crippen LogP contribution >= 0.6 is 11.8 Å². The van der Waals surface area contributed by atoms with E-state index in [2.05, 4.69) is 18.1 Å². The first kappa shape index (κ1) is 17.8. The number of thioether (sulfide) groups is 1. The summed E-state index contributed by atoms with van der Waals surface area (Å²) < 4.78 is 7.12.